The summed E-state index contributed by atoms with van der Waals surface area (Å²) in [7, 11) is 0. The van der Waals surface area contributed by atoms with E-state index in [0.29, 0.717) is 30.5 Å². The summed E-state index contributed by atoms with van der Waals surface area (Å²) in [6.07, 6.45) is 0.828. The summed E-state index contributed by atoms with van der Waals surface area (Å²) >= 11 is 0. The maximum Gasteiger partial charge on any atom is 0.333 e. The van der Waals surface area contributed by atoms with E-state index in [1.807, 2.05) is 13.8 Å². The Hall–Kier alpha value is -1.63. The molecule has 0 aromatic carbocycles. The lowest BCUT2D eigenvalue weighted by Gasteiger charge is -2.31. The molecule has 1 aromatic heterocycles. The van der Waals surface area contributed by atoms with Crippen molar-refractivity contribution in [2.45, 2.75) is 53.1 Å². The molecule has 1 rings (SSSR count). The van der Waals surface area contributed by atoms with Crippen LogP contribution in [-0.4, -0.2) is 26.8 Å². The molecule has 0 aliphatic heterocycles. The van der Waals surface area contributed by atoms with E-state index in [0.717, 1.165) is 6.42 Å². The zero-order chi connectivity index (χ0) is 15.5. The molecule has 1 unspecified atom stereocenters. The minimum atomic E-state index is -0.391. The predicted octanol–water partition coefficient (Wildman–Crippen LogP) is 2.30. The Bertz CT molecular complexity index is 483. The molecule has 1 aromatic rings. The Labute approximate surface area is 119 Å². The molecule has 0 bridgehead atoms. The van der Waals surface area contributed by atoms with Crippen molar-refractivity contribution in [1.82, 2.24) is 9.78 Å². The Morgan fingerprint density at radius 2 is 2.15 bits per heavy atom. The first-order valence-electron chi connectivity index (χ1n) is 6.94. The molecule has 7 heteroatoms. The van der Waals surface area contributed by atoms with Crippen molar-refractivity contribution in [1.29, 1.82) is 0 Å². The molecule has 1 atom stereocenters. The summed E-state index contributed by atoms with van der Waals surface area (Å²) in [6, 6.07) is 0. The highest BCUT2D eigenvalue weighted by molar-refractivity contribution is 5.60. The van der Waals surface area contributed by atoms with Gasteiger partial charge < -0.3 is 11.1 Å². The molecule has 0 saturated carbocycles. The van der Waals surface area contributed by atoms with Crippen LogP contribution in [0.15, 0.2) is 0 Å². The summed E-state index contributed by atoms with van der Waals surface area (Å²) in [4.78, 5) is 10.9. The Morgan fingerprint density at radius 1 is 1.55 bits per heavy atom. The average molecular weight is 283 g/mol. The molecule has 20 heavy (non-hydrogen) atoms. The van der Waals surface area contributed by atoms with Crippen LogP contribution in [0.25, 0.3) is 0 Å². The SMILES string of the molecule is CCn1nc(C)c([N+](=O)[O-])c1NC(C)(CN)CC(C)C. The second-order valence-corrected chi connectivity index (χ2v) is 5.84. The van der Waals surface area contributed by atoms with Crippen molar-refractivity contribution in [2.75, 3.05) is 11.9 Å². The van der Waals surface area contributed by atoms with Gasteiger partial charge in [0.25, 0.3) is 0 Å². The van der Waals surface area contributed by atoms with Gasteiger partial charge in [0, 0.05) is 18.6 Å². The molecule has 0 aliphatic carbocycles. The lowest BCUT2D eigenvalue weighted by atomic mass is 9.90. The standard InChI is InChI=1S/C13H25N5O2/c1-6-17-12(11(18(19)20)10(4)16-17)15-13(5,8-14)7-9(2)3/h9,15H,6-8,14H2,1-5H3. The fraction of sp³-hybridized carbons (Fsp3) is 0.769. The Morgan fingerprint density at radius 3 is 2.55 bits per heavy atom. The number of nitrogens with zero attached hydrogens (tertiary/aromatic N) is 3. The van der Waals surface area contributed by atoms with Gasteiger partial charge in [-0.1, -0.05) is 13.8 Å². The number of nitrogens with two attached hydrogens (primary N) is 1. The number of aromatic nitrogens is 2. The van der Waals surface area contributed by atoms with Crippen LogP contribution in [0, 0.1) is 23.0 Å². The molecule has 3 N–H and O–H groups in total. The van der Waals surface area contributed by atoms with Gasteiger partial charge in [-0.05, 0) is 33.1 Å². The maximum absolute atomic E-state index is 11.2. The third kappa shape index (κ3) is 3.47. The molecular formula is C13H25N5O2. The van der Waals surface area contributed by atoms with Crippen LogP contribution in [0.3, 0.4) is 0 Å². The largest absolute Gasteiger partial charge is 0.358 e. The number of rotatable bonds is 7. The fourth-order valence-electron chi connectivity index (χ4n) is 2.52. The summed E-state index contributed by atoms with van der Waals surface area (Å²) in [6.45, 7) is 10.7. The van der Waals surface area contributed by atoms with Crippen molar-refractivity contribution in [3.05, 3.63) is 15.8 Å². The van der Waals surface area contributed by atoms with Crippen LogP contribution in [0.1, 0.15) is 39.8 Å². The molecule has 0 fully saturated rings. The first-order chi connectivity index (χ1) is 9.24. The van der Waals surface area contributed by atoms with Gasteiger partial charge in [-0.15, -0.1) is 0 Å². The van der Waals surface area contributed by atoms with Crippen LogP contribution in [0.2, 0.25) is 0 Å². The molecule has 0 aliphatic rings. The molecule has 114 valence electrons. The quantitative estimate of drug-likeness (QED) is 0.591. The van der Waals surface area contributed by atoms with E-state index in [-0.39, 0.29) is 10.6 Å². The van der Waals surface area contributed by atoms with E-state index in [9.17, 15) is 10.1 Å². The fourth-order valence-corrected chi connectivity index (χ4v) is 2.52. The van der Waals surface area contributed by atoms with Crippen molar-refractivity contribution in [3.8, 4) is 0 Å². The van der Waals surface area contributed by atoms with Crippen LogP contribution in [0.5, 0.6) is 0 Å². The van der Waals surface area contributed by atoms with Gasteiger partial charge in [0.05, 0.1) is 4.92 Å². The number of nitro groups is 1. The molecule has 1 heterocycles. The third-order valence-electron chi connectivity index (χ3n) is 3.31. The van der Waals surface area contributed by atoms with Crippen LogP contribution >= 0.6 is 0 Å². The van der Waals surface area contributed by atoms with E-state index in [4.69, 9.17) is 5.73 Å². The van der Waals surface area contributed by atoms with E-state index in [2.05, 4.69) is 24.3 Å². The van der Waals surface area contributed by atoms with Gasteiger partial charge in [0.1, 0.15) is 5.69 Å². The van der Waals surface area contributed by atoms with E-state index in [1.54, 1.807) is 11.6 Å². The van der Waals surface area contributed by atoms with Crippen molar-refractivity contribution < 1.29 is 4.92 Å². The van der Waals surface area contributed by atoms with Gasteiger partial charge in [-0.25, -0.2) is 4.68 Å². The number of anilines is 1. The summed E-state index contributed by atoms with van der Waals surface area (Å²) in [5.74, 6) is 0.887. The number of hydrogen-bond acceptors (Lipinski definition) is 5. The molecule has 0 amide bonds. The average Bonchev–Trinajstić information content (AvgIpc) is 2.64. The van der Waals surface area contributed by atoms with Gasteiger partial charge in [0.2, 0.25) is 5.82 Å². The Kier molecular flexibility index (Phi) is 5.10. The first kappa shape index (κ1) is 16.4. The zero-order valence-electron chi connectivity index (χ0n) is 12.9. The second-order valence-electron chi connectivity index (χ2n) is 5.84. The van der Waals surface area contributed by atoms with Crippen molar-refractivity contribution >= 4 is 11.5 Å². The van der Waals surface area contributed by atoms with E-state index in [1.165, 1.54) is 0 Å². The van der Waals surface area contributed by atoms with Crippen LogP contribution in [-0.2, 0) is 6.54 Å². The smallest absolute Gasteiger partial charge is 0.333 e. The summed E-state index contributed by atoms with van der Waals surface area (Å²) in [5, 5.41) is 18.7. The van der Waals surface area contributed by atoms with Crippen molar-refractivity contribution in [3.63, 3.8) is 0 Å². The van der Waals surface area contributed by atoms with Gasteiger partial charge >= 0.3 is 5.69 Å². The topological polar surface area (TPSA) is 99.0 Å². The summed E-state index contributed by atoms with van der Waals surface area (Å²) in [5.41, 5.74) is 5.93. The van der Waals surface area contributed by atoms with Crippen molar-refractivity contribution in [2.24, 2.45) is 11.7 Å². The van der Waals surface area contributed by atoms with Gasteiger partial charge in [-0.3, -0.25) is 10.1 Å². The molecule has 0 radical (unpaired) electrons. The predicted molar refractivity (Wildman–Crippen MR) is 79.8 cm³/mol. The van der Waals surface area contributed by atoms with Crippen LogP contribution < -0.4 is 11.1 Å². The second kappa shape index (κ2) is 6.21. The highest BCUT2D eigenvalue weighted by Crippen LogP contribution is 2.32. The maximum atomic E-state index is 11.2. The monoisotopic (exact) mass is 283 g/mol. The zero-order valence-corrected chi connectivity index (χ0v) is 12.9. The molecule has 0 saturated heterocycles. The minimum absolute atomic E-state index is 0.0373. The lowest BCUT2D eigenvalue weighted by molar-refractivity contribution is -0.384. The van der Waals surface area contributed by atoms with Gasteiger partial charge in [-0.2, -0.15) is 5.10 Å². The summed E-state index contributed by atoms with van der Waals surface area (Å²) < 4.78 is 1.63. The highest BCUT2D eigenvalue weighted by atomic mass is 16.6. The lowest BCUT2D eigenvalue weighted by Crippen LogP contribution is -2.44. The van der Waals surface area contributed by atoms with Gasteiger partial charge in [0.15, 0.2) is 0 Å². The number of nitrogens with one attached hydrogen (secondary N) is 1. The number of hydrogen-bond donors (Lipinski definition) is 2. The third-order valence-corrected chi connectivity index (χ3v) is 3.31. The normalized spacial score (nSPS) is 14.3. The van der Waals surface area contributed by atoms with Crippen LogP contribution in [0.4, 0.5) is 11.5 Å². The molecule has 0 spiro atoms. The minimum Gasteiger partial charge on any atom is -0.358 e. The molecular weight excluding hydrogens is 258 g/mol. The number of aryl methyl sites for hydroxylation is 2. The first-order valence-corrected chi connectivity index (χ1v) is 6.94. The van der Waals surface area contributed by atoms with E-state index < -0.39 is 5.54 Å². The highest BCUT2D eigenvalue weighted by Gasteiger charge is 2.31. The molecule has 7 nitrogen and oxygen atoms in total. The Balaban J connectivity index is 3.21. The van der Waals surface area contributed by atoms with E-state index >= 15 is 0 Å².